The Morgan fingerprint density at radius 2 is 2.33 bits per heavy atom. The number of halogens is 1. The molecule has 0 aliphatic carbocycles. The zero-order valence-corrected chi connectivity index (χ0v) is 10.4. The van der Waals surface area contributed by atoms with Crippen molar-refractivity contribution in [3.63, 3.8) is 0 Å². The molecule has 0 aliphatic heterocycles. The van der Waals surface area contributed by atoms with Crippen molar-refractivity contribution < 1.29 is 9.18 Å². The van der Waals surface area contributed by atoms with Crippen molar-refractivity contribution in [2.75, 3.05) is 13.1 Å². The highest BCUT2D eigenvalue weighted by molar-refractivity contribution is 5.81. The summed E-state index contributed by atoms with van der Waals surface area (Å²) in [6, 6.07) is 6.12. The number of amides is 1. The Morgan fingerprint density at radius 3 is 3.00 bits per heavy atom. The molecule has 1 atom stereocenters. The number of benzene rings is 1. The number of carbonyl (C=O) groups is 1. The van der Waals surface area contributed by atoms with E-state index in [-0.39, 0.29) is 24.3 Å². The van der Waals surface area contributed by atoms with Crippen LogP contribution in [0.2, 0.25) is 0 Å². The molecule has 0 aromatic heterocycles. The van der Waals surface area contributed by atoms with E-state index >= 15 is 0 Å². The largest absolute Gasteiger partial charge is 0.344 e. The first-order chi connectivity index (χ1) is 8.63. The van der Waals surface area contributed by atoms with E-state index in [2.05, 4.69) is 16.6 Å². The van der Waals surface area contributed by atoms with Gasteiger partial charge in [0.25, 0.3) is 0 Å². The van der Waals surface area contributed by atoms with Crippen LogP contribution in [0.3, 0.4) is 0 Å². The van der Waals surface area contributed by atoms with Crippen molar-refractivity contribution in [3.8, 4) is 12.3 Å². The van der Waals surface area contributed by atoms with E-state index in [9.17, 15) is 9.18 Å². The fourth-order valence-corrected chi connectivity index (χ4v) is 1.51. The second-order valence-electron chi connectivity index (χ2n) is 3.98. The lowest BCUT2D eigenvalue weighted by molar-refractivity contribution is -0.122. The standard InChI is InChI=1S/C14H17FN2O/c1-3-8-17-14(18)11(2)16-9-7-12-5-4-6-13(15)10-12/h1,4-6,10-11,16H,7-9H2,2H3,(H,17,18). The van der Waals surface area contributed by atoms with E-state index in [0.717, 1.165) is 5.56 Å². The van der Waals surface area contributed by atoms with Crippen molar-refractivity contribution in [3.05, 3.63) is 35.6 Å². The van der Waals surface area contributed by atoms with Crippen molar-refractivity contribution in [2.24, 2.45) is 0 Å². The van der Waals surface area contributed by atoms with Gasteiger partial charge in [-0.3, -0.25) is 4.79 Å². The minimum absolute atomic E-state index is 0.132. The first kappa shape index (κ1) is 14.2. The molecule has 1 aromatic rings. The number of carbonyl (C=O) groups excluding carboxylic acids is 1. The van der Waals surface area contributed by atoms with Crippen molar-refractivity contribution in [2.45, 2.75) is 19.4 Å². The lowest BCUT2D eigenvalue weighted by Gasteiger charge is -2.12. The third-order valence-electron chi connectivity index (χ3n) is 2.51. The van der Waals surface area contributed by atoms with Gasteiger partial charge in [0.05, 0.1) is 12.6 Å². The Balaban J connectivity index is 2.29. The monoisotopic (exact) mass is 248 g/mol. The number of rotatable bonds is 6. The fraction of sp³-hybridized carbons (Fsp3) is 0.357. The third-order valence-corrected chi connectivity index (χ3v) is 2.51. The molecule has 1 amide bonds. The molecule has 0 saturated carbocycles. The zero-order chi connectivity index (χ0) is 13.4. The number of hydrogen-bond donors (Lipinski definition) is 2. The van der Waals surface area contributed by atoms with Gasteiger partial charge in [0.15, 0.2) is 0 Å². The molecule has 0 radical (unpaired) electrons. The van der Waals surface area contributed by atoms with Crippen LogP contribution in [-0.2, 0) is 11.2 Å². The minimum atomic E-state index is -0.313. The molecule has 18 heavy (non-hydrogen) atoms. The van der Waals surface area contributed by atoms with Crippen LogP contribution in [0.25, 0.3) is 0 Å². The molecule has 96 valence electrons. The molecule has 1 aromatic carbocycles. The van der Waals surface area contributed by atoms with E-state index in [4.69, 9.17) is 6.42 Å². The maximum absolute atomic E-state index is 12.9. The van der Waals surface area contributed by atoms with E-state index in [1.165, 1.54) is 12.1 Å². The molecule has 0 bridgehead atoms. The summed E-state index contributed by atoms with van der Waals surface area (Å²) in [7, 11) is 0. The second kappa shape index (κ2) is 7.46. The molecule has 0 spiro atoms. The SMILES string of the molecule is C#CCNC(=O)C(C)NCCc1cccc(F)c1. The number of terminal acetylenes is 1. The lowest BCUT2D eigenvalue weighted by atomic mass is 10.1. The summed E-state index contributed by atoms with van der Waals surface area (Å²) in [6.07, 6.45) is 5.72. The summed E-state index contributed by atoms with van der Waals surface area (Å²) in [5.41, 5.74) is 0.902. The topological polar surface area (TPSA) is 41.1 Å². The summed E-state index contributed by atoms with van der Waals surface area (Å²) in [5, 5.41) is 5.65. The van der Waals surface area contributed by atoms with Crippen LogP contribution >= 0.6 is 0 Å². The van der Waals surface area contributed by atoms with Gasteiger partial charge in [-0.1, -0.05) is 18.1 Å². The van der Waals surface area contributed by atoms with Gasteiger partial charge in [-0.05, 0) is 37.6 Å². The van der Waals surface area contributed by atoms with Crippen molar-refractivity contribution >= 4 is 5.91 Å². The maximum atomic E-state index is 12.9. The normalized spacial score (nSPS) is 11.6. The van der Waals surface area contributed by atoms with Crippen LogP contribution in [0.1, 0.15) is 12.5 Å². The van der Waals surface area contributed by atoms with Gasteiger partial charge >= 0.3 is 0 Å². The van der Waals surface area contributed by atoms with Crippen molar-refractivity contribution in [1.29, 1.82) is 0 Å². The Morgan fingerprint density at radius 1 is 1.56 bits per heavy atom. The van der Waals surface area contributed by atoms with Crippen LogP contribution < -0.4 is 10.6 Å². The summed E-state index contributed by atoms with van der Waals surface area (Å²) >= 11 is 0. The smallest absolute Gasteiger partial charge is 0.237 e. The first-order valence-electron chi connectivity index (χ1n) is 5.82. The molecule has 0 fully saturated rings. The first-order valence-corrected chi connectivity index (χ1v) is 5.82. The Labute approximate surface area is 107 Å². The highest BCUT2D eigenvalue weighted by Gasteiger charge is 2.10. The Bertz CT molecular complexity index is 440. The van der Waals surface area contributed by atoms with E-state index < -0.39 is 0 Å². The van der Waals surface area contributed by atoms with Gasteiger partial charge in [0, 0.05) is 0 Å². The Kier molecular flexibility index (Phi) is 5.89. The quantitative estimate of drug-likeness (QED) is 0.740. The van der Waals surface area contributed by atoms with Gasteiger partial charge in [-0.25, -0.2) is 4.39 Å². The molecular formula is C14H17FN2O. The second-order valence-corrected chi connectivity index (χ2v) is 3.98. The van der Waals surface area contributed by atoms with Crippen molar-refractivity contribution in [1.82, 2.24) is 10.6 Å². The molecule has 0 heterocycles. The average molecular weight is 248 g/mol. The van der Waals surface area contributed by atoms with Crippen LogP contribution in [0.5, 0.6) is 0 Å². The Hall–Kier alpha value is -1.86. The molecule has 0 saturated heterocycles. The zero-order valence-electron chi connectivity index (χ0n) is 10.4. The highest BCUT2D eigenvalue weighted by atomic mass is 19.1. The summed E-state index contributed by atoms with van der Waals surface area (Å²) in [5.74, 6) is 1.96. The molecule has 0 aliphatic rings. The predicted octanol–water partition coefficient (Wildman–Crippen LogP) is 1.10. The lowest BCUT2D eigenvalue weighted by Crippen LogP contribution is -2.42. The van der Waals surface area contributed by atoms with Crippen LogP contribution in [0.15, 0.2) is 24.3 Å². The van der Waals surface area contributed by atoms with Crippen LogP contribution in [-0.4, -0.2) is 25.0 Å². The molecule has 1 unspecified atom stereocenters. The summed E-state index contributed by atoms with van der Waals surface area (Å²) < 4.78 is 12.9. The summed E-state index contributed by atoms with van der Waals surface area (Å²) in [4.78, 5) is 11.5. The highest BCUT2D eigenvalue weighted by Crippen LogP contribution is 2.03. The van der Waals surface area contributed by atoms with E-state index in [1.54, 1.807) is 13.0 Å². The van der Waals surface area contributed by atoms with Gasteiger partial charge < -0.3 is 10.6 Å². The van der Waals surface area contributed by atoms with E-state index in [1.807, 2.05) is 6.07 Å². The summed E-state index contributed by atoms with van der Waals surface area (Å²) in [6.45, 7) is 2.60. The van der Waals surface area contributed by atoms with Gasteiger partial charge in [0.1, 0.15) is 5.82 Å². The van der Waals surface area contributed by atoms with Gasteiger partial charge in [-0.2, -0.15) is 0 Å². The van der Waals surface area contributed by atoms with Crippen LogP contribution in [0.4, 0.5) is 4.39 Å². The predicted molar refractivity (Wildman–Crippen MR) is 69.4 cm³/mol. The molecule has 3 nitrogen and oxygen atoms in total. The molecule has 4 heteroatoms. The van der Waals surface area contributed by atoms with E-state index in [0.29, 0.717) is 13.0 Å². The number of nitrogens with one attached hydrogen (secondary N) is 2. The fourth-order valence-electron chi connectivity index (χ4n) is 1.51. The van der Waals surface area contributed by atoms with Crippen LogP contribution in [0, 0.1) is 18.2 Å². The minimum Gasteiger partial charge on any atom is -0.344 e. The molecular weight excluding hydrogens is 231 g/mol. The average Bonchev–Trinajstić information content (AvgIpc) is 2.35. The third kappa shape index (κ3) is 4.98. The molecule has 1 rings (SSSR count). The van der Waals surface area contributed by atoms with Gasteiger partial charge in [0.2, 0.25) is 5.91 Å². The van der Waals surface area contributed by atoms with Gasteiger partial charge in [-0.15, -0.1) is 6.42 Å². The number of hydrogen-bond acceptors (Lipinski definition) is 2. The molecule has 2 N–H and O–H groups in total. The maximum Gasteiger partial charge on any atom is 0.237 e.